The molecule has 0 amide bonds. The van der Waals surface area contributed by atoms with Crippen LogP contribution in [-0.4, -0.2) is 62.2 Å². The number of anilines is 1. The van der Waals surface area contributed by atoms with Gasteiger partial charge < -0.3 is 20.4 Å². The van der Waals surface area contributed by atoms with Crippen LogP contribution < -0.4 is 15.5 Å². The molecule has 1 aromatic rings. The molecular weight excluding hydrogens is 360 g/mol. The Labute approximate surface area is 177 Å². The molecule has 0 saturated carbocycles. The van der Waals surface area contributed by atoms with Crippen molar-refractivity contribution in [2.24, 2.45) is 10.9 Å². The molecule has 162 valence electrons. The minimum atomic E-state index is 0.747. The van der Waals surface area contributed by atoms with Crippen molar-refractivity contribution in [1.29, 1.82) is 0 Å². The number of guanidine groups is 1. The first-order valence-corrected chi connectivity index (χ1v) is 11.6. The molecule has 6 heteroatoms. The smallest absolute Gasteiger partial charge is 0.191 e. The molecule has 0 atom stereocenters. The van der Waals surface area contributed by atoms with E-state index in [1.807, 2.05) is 13.2 Å². The van der Waals surface area contributed by atoms with Crippen molar-refractivity contribution in [2.45, 2.75) is 58.4 Å². The van der Waals surface area contributed by atoms with Gasteiger partial charge in [-0.3, -0.25) is 4.99 Å². The number of rotatable bonds is 7. The van der Waals surface area contributed by atoms with Gasteiger partial charge in [-0.15, -0.1) is 0 Å². The zero-order chi connectivity index (χ0) is 20.3. The molecular formula is C23H40N6. The molecule has 0 unspecified atom stereocenters. The first-order chi connectivity index (χ1) is 14.2. The first kappa shape index (κ1) is 21.9. The van der Waals surface area contributed by atoms with Gasteiger partial charge >= 0.3 is 0 Å². The first-order valence-electron chi connectivity index (χ1n) is 11.6. The van der Waals surface area contributed by atoms with Crippen LogP contribution >= 0.6 is 0 Å². The maximum absolute atomic E-state index is 4.70. The molecule has 0 spiro atoms. The van der Waals surface area contributed by atoms with Gasteiger partial charge in [0.05, 0.1) is 0 Å². The van der Waals surface area contributed by atoms with E-state index in [-0.39, 0.29) is 0 Å². The Morgan fingerprint density at radius 1 is 1.07 bits per heavy atom. The number of nitrogens with one attached hydrogen (secondary N) is 2. The monoisotopic (exact) mass is 400 g/mol. The van der Waals surface area contributed by atoms with Crippen molar-refractivity contribution in [2.75, 3.05) is 51.2 Å². The summed E-state index contributed by atoms with van der Waals surface area (Å²) >= 11 is 0. The van der Waals surface area contributed by atoms with Crippen molar-refractivity contribution >= 4 is 11.8 Å². The van der Waals surface area contributed by atoms with E-state index in [0.717, 1.165) is 50.3 Å². The number of pyridine rings is 1. The van der Waals surface area contributed by atoms with E-state index in [1.165, 1.54) is 63.7 Å². The second kappa shape index (κ2) is 12.0. The third-order valence-electron chi connectivity index (χ3n) is 6.24. The minimum Gasteiger partial charge on any atom is -0.357 e. The van der Waals surface area contributed by atoms with Crippen LogP contribution in [0.15, 0.2) is 23.3 Å². The van der Waals surface area contributed by atoms with E-state index in [1.54, 1.807) is 0 Å². The summed E-state index contributed by atoms with van der Waals surface area (Å²) in [6.07, 6.45) is 11.1. The van der Waals surface area contributed by atoms with Crippen molar-refractivity contribution in [3.63, 3.8) is 0 Å². The summed E-state index contributed by atoms with van der Waals surface area (Å²) in [4.78, 5) is 14.1. The molecule has 3 rings (SSSR count). The average molecular weight is 401 g/mol. The molecule has 2 N–H and O–H groups in total. The number of likely N-dealkylation sites (tertiary alicyclic amines) is 1. The molecule has 0 aliphatic carbocycles. The number of aliphatic imine (C=N–C) groups is 1. The van der Waals surface area contributed by atoms with Crippen LogP contribution in [0.3, 0.4) is 0 Å². The molecule has 2 saturated heterocycles. The lowest BCUT2D eigenvalue weighted by molar-refractivity contribution is 0.191. The van der Waals surface area contributed by atoms with Gasteiger partial charge in [-0.2, -0.15) is 0 Å². The van der Waals surface area contributed by atoms with Crippen molar-refractivity contribution in [3.05, 3.63) is 23.9 Å². The van der Waals surface area contributed by atoms with Gasteiger partial charge in [0.1, 0.15) is 5.82 Å². The molecule has 2 fully saturated rings. The predicted molar refractivity (Wildman–Crippen MR) is 123 cm³/mol. The Hall–Kier alpha value is -1.82. The quantitative estimate of drug-likeness (QED) is 0.418. The Bertz CT molecular complexity index is 598. The third-order valence-corrected chi connectivity index (χ3v) is 6.24. The summed E-state index contributed by atoms with van der Waals surface area (Å²) in [5.74, 6) is 2.89. The fourth-order valence-corrected chi connectivity index (χ4v) is 4.21. The normalized spacial score (nSPS) is 19.8. The molecule has 0 bridgehead atoms. The number of nitrogens with zero attached hydrogens (tertiary/aromatic N) is 4. The fourth-order valence-electron chi connectivity index (χ4n) is 4.21. The highest BCUT2D eigenvalue weighted by atomic mass is 15.2. The summed E-state index contributed by atoms with van der Waals surface area (Å²) in [5, 5.41) is 6.85. The summed E-state index contributed by atoms with van der Waals surface area (Å²) in [5.41, 5.74) is 1.19. The number of hydrogen-bond donors (Lipinski definition) is 2. The largest absolute Gasteiger partial charge is 0.357 e. The van der Waals surface area contributed by atoms with E-state index < -0.39 is 0 Å². The van der Waals surface area contributed by atoms with Crippen LogP contribution in [0, 0.1) is 5.92 Å². The van der Waals surface area contributed by atoms with Crippen LogP contribution in [0.4, 0.5) is 5.82 Å². The van der Waals surface area contributed by atoms with Gasteiger partial charge in [-0.25, -0.2) is 4.98 Å². The zero-order valence-corrected chi connectivity index (χ0v) is 18.5. The van der Waals surface area contributed by atoms with Crippen LogP contribution in [0.25, 0.3) is 0 Å². The second-order valence-corrected chi connectivity index (χ2v) is 8.66. The summed E-state index contributed by atoms with van der Waals surface area (Å²) in [7, 11) is 1.84. The zero-order valence-electron chi connectivity index (χ0n) is 18.5. The predicted octanol–water partition coefficient (Wildman–Crippen LogP) is 3.25. The average Bonchev–Trinajstić information content (AvgIpc) is 3.04. The molecule has 1 aromatic heterocycles. The minimum absolute atomic E-state index is 0.747. The highest BCUT2D eigenvalue weighted by Crippen LogP contribution is 2.17. The van der Waals surface area contributed by atoms with Crippen molar-refractivity contribution in [3.8, 4) is 0 Å². The molecule has 6 nitrogen and oxygen atoms in total. The van der Waals surface area contributed by atoms with Gasteiger partial charge in [0, 0.05) is 39.4 Å². The van der Waals surface area contributed by atoms with E-state index >= 15 is 0 Å². The van der Waals surface area contributed by atoms with E-state index in [0.29, 0.717) is 0 Å². The van der Waals surface area contributed by atoms with E-state index in [4.69, 9.17) is 4.98 Å². The van der Waals surface area contributed by atoms with E-state index in [9.17, 15) is 0 Å². The van der Waals surface area contributed by atoms with Crippen LogP contribution in [0.2, 0.25) is 0 Å². The van der Waals surface area contributed by atoms with Crippen LogP contribution in [0.1, 0.15) is 57.4 Å². The summed E-state index contributed by atoms with van der Waals surface area (Å²) in [6.45, 7) is 10.0. The molecule has 2 aliphatic heterocycles. The van der Waals surface area contributed by atoms with Gasteiger partial charge in [-0.1, -0.05) is 25.8 Å². The van der Waals surface area contributed by atoms with Gasteiger partial charge in [-0.05, 0) is 69.3 Å². The second-order valence-electron chi connectivity index (χ2n) is 8.66. The molecule has 0 radical (unpaired) electrons. The van der Waals surface area contributed by atoms with Crippen LogP contribution in [0.5, 0.6) is 0 Å². The number of piperidine rings is 1. The van der Waals surface area contributed by atoms with E-state index in [2.05, 4.69) is 44.5 Å². The molecule has 29 heavy (non-hydrogen) atoms. The topological polar surface area (TPSA) is 55.8 Å². The third kappa shape index (κ3) is 7.50. The Morgan fingerprint density at radius 2 is 1.83 bits per heavy atom. The Kier molecular flexibility index (Phi) is 9.06. The number of aromatic nitrogens is 1. The van der Waals surface area contributed by atoms with Crippen LogP contribution in [-0.2, 0) is 6.54 Å². The SMILES string of the molecule is CN=C(NCCCN1CCC(C)CC1)NCc1ccc(N2CCCCCC2)nc1. The Balaban J connectivity index is 1.34. The lowest BCUT2D eigenvalue weighted by Crippen LogP contribution is -2.39. The fraction of sp³-hybridized carbons (Fsp3) is 0.739. The lowest BCUT2D eigenvalue weighted by atomic mass is 9.99. The van der Waals surface area contributed by atoms with Crippen molar-refractivity contribution < 1.29 is 0 Å². The van der Waals surface area contributed by atoms with Gasteiger partial charge in [0.15, 0.2) is 5.96 Å². The van der Waals surface area contributed by atoms with Gasteiger partial charge in [0.25, 0.3) is 0 Å². The maximum atomic E-state index is 4.70. The molecule has 2 aliphatic rings. The molecule has 3 heterocycles. The number of hydrogen-bond acceptors (Lipinski definition) is 4. The highest BCUT2D eigenvalue weighted by molar-refractivity contribution is 5.79. The lowest BCUT2D eigenvalue weighted by Gasteiger charge is -2.30. The highest BCUT2D eigenvalue weighted by Gasteiger charge is 2.15. The maximum Gasteiger partial charge on any atom is 0.191 e. The summed E-state index contributed by atoms with van der Waals surface area (Å²) in [6, 6.07) is 4.35. The standard InChI is InChI=1S/C23H40N6/c1-20-10-16-28(17-11-20)13-7-12-25-23(24-2)27-19-21-8-9-22(26-18-21)29-14-5-3-4-6-15-29/h8-9,18,20H,3-7,10-17,19H2,1-2H3,(H2,24,25,27). The molecule has 0 aromatic carbocycles. The van der Waals surface area contributed by atoms with Gasteiger partial charge in [0.2, 0.25) is 0 Å². The summed E-state index contributed by atoms with van der Waals surface area (Å²) < 4.78 is 0. The van der Waals surface area contributed by atoms with Crippen molar-refractivity contribution in [1.82, 2.24) is 20.5 Å². The Morgan fingerprint density at radius 3 is 2.48 bits per heavy atom.